The van der Waals surface area contributed by atoms with Crippen LogP contribution in [0.1, 0.15) is 36.3 Å². The molecule has 0 bridgehead atoms. The maximum Gasteiger partial charge on any atom is 0.269 e. The second-order valence-corrected chi connectivity index (χ2v) is 5.00. The van der Waals surface area contributed by atoms with Crippen molar-refractivity contribution < 1.29 is 9.72 Å². The molecule has 0 aromatic heterocycles. The molecule has 1 aliphatic heterocycles. The average Bonchev–Trinajstić information content (AvgIpc) is 2.37. The molecule has 2 unspecified atom stereocenters. The van der Waals surface area contributed by atoms with Gasteiger partial charge in [0.15, 0.2) is 0 Å². The topological polar surface area (TPSA) is 72.2 Å². The third-order valence-electron chi connectivity index (χ3n) is 3.98. The lowest BCUT2D eigenvalue weighted by Crippen LogP contribution is -2.45. The zero-order chi connectivity index (χ0) is 12.7. The largest absolute Gasteiger partial charge is 0.353 e. The summed E-state index contributed by atoms with van der Waals surface area (Å²) < 4.78 is 0. The van der Waals surface area contributed by atoms with Crippen LogP contribution in [0.15, 0.2) is 18.2 Å². The Morgan fingerprint density at radius 1 is 1.28 bits per heavy atom. The van der Waals surface area contributed by atoms with Gasteiger partial charge in [0.2, 0.25) is 5.91 Å². The van der Waals surface area contributed by atoms with Gasteiger partial charge < -0.3 is 5.32 Å². The number of hydrogen-bond acceptors (Lipinski definition) is 3. The van der Waals surface area contributed by atoms with E-state index >= 15 is 0 Å². The molecule has 1 saturated heterocycles. The van der Waals surface area contributed by atoms with Crippen molar-refractivity contribution in [1.29, 1.82) is 0 Å². The summed E-state index contributed by atoms with van der Waals surface area (Å²) in [7, 11) is 0. The molecule has 1 fully saturated rings. The van der Waals surface area contributed by atoms with E-state index in [1.807, 2.05) is 6.07 Å². The van der Waals surface area contributed by atoms with Crippen molar-refractivity contribution in [1.82, 2.24) is 5.32 Å². The fourth-order valence-electron chi connectivity index (χ4n) is 3.09. The Hall–Kier alpha value is -1.91. The number of aryl methyl sites for hydroxylation is 1. The molecule has 1 aromatic carbocycles. The summed E-state index contributed by atoms with van der Waals surface area (Å²) in [5.74, 6) is 0.344. The van der Waals surface area contributed by atoms with Crippen LogP contribution in [-0.4, -0.2) is 16.9 Å². The number of fused-ring (bicyclic) bond motifs is 3. The highest BCUT2D eigenvalue weighted by Crippen LogP contribution is 2.38. The number of nitro benzene ring substituents is 1. The van der Waals surface area contributed by atoms with E-state index in [2.05, 4.69) is 5.32 Å². The zero-order valence-corrected chi connectivity index (χ0v) is 9.89. The van der Waals surface area contributed by atoms with Crippen molar-refractivity contribution in [3.8, 4) is 0 Å². The van der Waals surface area contributed by atoms with E-state index in [0.717, 1.165) is 24.8 Å². The predicted molar refractivity (Wildman–Crippen MR) is 65.3 cm³/mol. The van der Waals surface area contributed by atoms with Crippen LogP contribution in [0, 0.1) is 10.1 Å². The summed E-state index contributed by atoms with van der Waals surface area (Å²) in [6.45, 7) is 0. The summed E-state index contributed by atoms with van der Waals surface area (Å²) in [5.41, 5.74) is 2.39. The first kappa shape index (κ1) is 11.2. The quantitative estimate of drug-likeness (QED) is 0.607. The third kappa shape index (κ3) is 1.75. The van der Waals surface area contributed by atoms with Gasteiger partial charge >= 0.3 is 0 Å². The minimum atomic E-state index is -0.356. The monoisotopic (exact) mass is 246 g/mol. The van der Waals surface area contributed by atoms with Crippen molar-refractivity contribution >= 4 is 11.6 Å². The van der Waals surface area contributed by atoms with E-state index in [1.54, 1.807) is 12.1 Å². The van der Waals surface area contributed by atoms with Crippen LogP contribution in [-0.2, 0) is 11.2 Å². The number of benzene rings is 1. The van der Waals surface area contributed by atoms with E-state index in [9.17, 15) is 14.9 Å². The van der Waals surface area contributed by atoms with Gasteiger partial charge in [-0.1, -0.05) is 6.07 Å². The molecule has 1 aromatic rings. The molecule has 1 heterocycles. The minimum absolute atomic E-state index is 0.102. The number of carbonyl (C=O) groups is 1. The van der Waals surface area contributed by atoms with Crippen molar-refractivity contribution in [3.05, 3.63) is 39.4 Å². The first-order chi connectivity index (χ1) is 8.65. The number of carbonyl (C=O) groups excluding carboxylic acids is 1. The van der Waals surface area contributed by atoms with Gasteiger partial charge in [0.25, 0.3) is 5.69 Å². The van der Waals surface area contributed by atoms with E-state index in [0.29, 0.717) is 6.42 Å². The lowest BCUT2D eigenvalue weighted by Gasteiger charge is -2.37. The number of rotatable bonds is 1. The van der Waals surface area contributed by atoms with Crippen LogP contribution in [0.5, 0.6) is 0 Å². The second kappa shape index (κ2) is 4.08. The SMILES string of the molecule is O=C1CCC2c3cc([N+](=O)[O-])ccc3CCC2N1. The summed E-state index contributed by atoms with van der Waals surface area (Å²) in [6, 6.07) is 5.27. The van der Waals surface area contributed by atoms with Crippen LogP contribution in [0.3, 0.4) is 0 Å². The molecule has 5 heteroatoms. The van der Waals surface area contributed by atoms with Gasteiger partial charge in [-0.05, 0) is 30.4 Å². The Bertz CT molecular complexity index is 527. The molecule has 1 N–H and O–H groups in total. The summed E-state index contributed by atoms with van der Waals surface area (Å²) in [5, 5.41) is 13.8. The highest BCUT2D eigenvalue weighted by Gasteiger charge is 2.34. The summed E-state index contributed by atoms with van der Waals surface area (Å²) in [4.78, 5) is 21.9. The molecule has 3 rings (SSSR count). The Kier molecular flexibility index (Phi) is 2.54. The first-order valence-electron chi connectivity index (χ1n) is 6.22. The molecule has 18 heavy (non-hydrogen) atoms. The fraction of sp³-hybridized carbons (Fsp3) is 0.462. The summed E-state index contributed by atoms with van der Waals surface area (Å²) in [6.07, 6.45) is 3.13. The zero-order valence-electron chi connectivity index (χ0n) is 9.89. The van der Waals surface area contributed by atoms with E-state index < -0.39 is 0 Å². The van der Waals surface area contributed by atoms with Gasteiger partial charge in [0.1, 0.15) is 0 Å². The predicted octanol–water partition coefficient (Wildman–Crippen LogP) is 1.90. The summed E-state index contributed by atoms with van der Waals surface area (Å²) >= 11 is 0. The van der Waals surface area contributed by atoms with Crippen LogP contribution in [0.2, 0.25) is 0 Å². The molecule has 5 nitrogen and oxygen atoms in total. The molecular formula is C13H14N2O3. The third-order valence-corrected chi connectivity index (χ3v) is 3.98. The molecular weight excluding hydrogens is 232 g/mol. The fourth-order valence-corrected chi connectivity index (χ4v) is 3.09. The van der Waals surface area contributed by atoms with E-state index in [-0.39, 0.29) is 28.5 Å². The van der Waals surface area contributed by atoms with Crippen LogP contribution in [0.4, 0.5) is 5.69 Å². The molecule has 94 valence electrons. The number of nitrogens with zero attached hydrogens (tertiary/aromatic N) is 1. The lowest BCUT2D eigenvalue weighted by molar-refractivity contribution is -0.385. The Morgan fingerprint density at radius 2 is 2.11 bits per heavy atom. The van der Waals surface area contributed by atoms with Crippen LogP contribution >= 0.6 is 0 Å². The average molecular weight is 246 g/mol. The highest BCUT2D eigenvalue weighted by molar-refractivity contribution is 5.77. The highest BCUT2D eigenvalue weighted by atomic mass is 16.6. The smallest absolute Gasteiger partial charge is 0.269 e. The standard InChI is InChI=1S/C13H14N2O3/c16-13-6-4-10-11-7-9(15(17)18)3-1-8(11)2-5-12(10)14-13/h1,3,7,10,12H,2,4-6H2,(H,14,16). The maximum absolute atomic E-state index is 11.4. The number of amides is 1. The van der Waals surface area contributed by atoms with Crippen molar-refractivity contribution in [2.75, 3.05) is 0 Å². The number of piperidine rings is 1. The number of nitrogens with one attached hydrogen (secondary N) is 1. The van der Waals surface area contributed by atoms with Crippen LogP contribution < -0.4 is 5.32 Å². The van der Waals surface area contributed by atoms with Gasteiger partial charge in [-0.3, -0.25) is 14.9 Å². The molecule has 2 atom stereocenters. The van der Waals surface area contributed by atoms with Crippen molar-refractivity contribution in [2.24, 2.45) is 0 Å². The molecule has 1 aliphatic carbocycles. The number of hydrogen-bond donors (Lipinski definition) is 1. The van der Waals surface area contributed by atoms with Gasteiger partial charge in [0.05, 0.1) is 4.92 Å². The Labute approximate surface area is 104 Å². The second-order valence-electron chi connectivity index (χ2n) is 5.00. The molecule has 0 radical (unpaired) electrons. The maximum atomic E-state index is 11.4. The van der Waals surface area contributed by atoms with Crippen molar-refractivity contribution in [3.63, 3.8) is 0 Å². The number of nitro groups is 1. The number of non-ortho nitro benzene ring substituents is 1. The van der Waals surface area contributed by atoms with E-state index in [4.69, 9.17) is 0 Å². The van der Waals surface area contributed by atoms with Gasteiger partial charge in [-0.15, -0.1) is 0 Å². The van der Waals surface area contributed by atoms with Gasteiger partial charge in [0, 0.05) is 30.5 Å². The Balaban J connectivity index is 1.99. The first-order valence-corrected chi connectivity index (χ1v) is 6.22. The molecule has 2 aliphatic rings. The van der Waals surface area contributed by atoms with E-state index in [1.165, 1.54) is 5.56 Å². The van der Waals surface area contributed by atoms with Gasteiger partial charge in [-0.25, -0.2) is 0 Å². The molecule has 1 amide bonds. The normalized spacial score (nSPS) is 25.9. The van der Waals surface area contributed by atoms with Crippen LogP contribution in [0.25, 0.3) is 0 Å². The molecule has 0 saturated carbocycles. The van der Waals surface area contributed by atoms with Gasteiger partial charge in [-0.2, -0.15) is 0 Å². The Morgan fingerprint density at radius 3 is 2.89 bits per heavy atom. The lowest BCUT2D eigenvalue weighted by atomic mass is 9.75. The minimum Gasteiger partial charge on any atom is -0.353 e. The van der Waals surface area contributed by atoms with Crippen molar-refractivity contribution in [2.45, 2.75) is 37.6 Å². The molecule has 0 spiro atoms.